The second-order valence-corrected chi connectivity index (χ2v) is 5.31. The summed E-state index contributed by atoms with van der Waals surface area (Å²) in [5.41, 5.74) is 3.07. The Balaban J connectivity index is 2.75. The van der Waals surface area contributed by atoms with E-state index in [0.717, 1.165) is 12.8 Å². The van der Waals surface area contributed by atoms with Crippen LogP contribution in [0, 0.1) is 5.41 Å². The van der Waals surface area contributed by atoms with E-state index in [0.29, 0.717) is 5.41 Å². The summed E-state index contributed by atoms with van der Waals surface area (Å²) >= 11 is 0. The molecule has 0 bridgehead atoms. The van der Waals surface area contributed by atoms with Crippen LogP contribution in [0.2, 0.25) is 0 Å². The zero-order chi connectivity index (χ0) is 11.5. The molecule has 0 heterocycles. The van der Waals surface area contributed by atoms with Gasteiger partial charge in [-0.15, -0.1) is 6.58 Å². The van der Waals surface area contributed by atoms with Gasteiger partial charge in [-0.1, -0.05) is 19.9 Å². The third kappa shape index (κ3) is 2.60. The monoisotopic (exact) mass is 212 g/mol. The van der Waals surface area contributed by atoms with Gasteiger partial charge in [-0.3, -0.25) is 11.3 Å². The molecule has 0 aromatic heterocycles. The highest BCUT2D eigenvalue weighted by Gasteiger charge is 2.42. The predicted octanol–water partition coefficient (Wildman–Crippen LogP) is 1.99. The van der Waals surface area contributed by atoms with Gasteiger partial charge in [0.2, 0.25) is 0 Å². The summed E-state index contributed by atoms with van der Waals surface area (Å²) in [7, 11) is 1.77. The van der Waals surface area contributed by atoms with Crippen molar-refractivity contribution in [3.05, 3.63) is 12.7 Å². The third-order valence-corrected chi connectivity index (χ3v) is 3.84. The summed E-state index contributed by atoms with van der Waals surface area (Å²) < 4.78 is 5.70. The number of hydrogen-bond donors (Lipinski definition) is 2. The highest BCUT2D eigenvalue weighted by Crippen LogP contribution is 2.43. The molecular formula is C12H24N2O. The van der Waals surface area contributed by atoms with Gasteiger partial charge in [-0.05, 0) is 31.1 Å². The lowest BCUT2D eigenvalue weighted by Gasteiger charge is -2.45. The summed E-state index contributed by atoms with van der Waals surface area (Å²) in [5.74, 6) is 5.54. The van der Waals surface area contributed by atoms with Crippen LogP contribution in [-0.2, 0) is 4.74 Å². The van der Waals surface area contributed by atoms with E-state index in [4.69, 9.17) is 10.6 Å². The van der Waals surface area contributed by atoms with Crippen LogP contribution < -0.4 is 11.3 Å². The maximum Gasteiger partial charge on any atom is 0.0879 e. The maximum atomic E-state index is 5.70. The predicted molar refractivity (Wildman–Crippen MR) is 63.3 cm³/mol. The lowest BCUT2D eigenvalue weighted by molar-refractivity contribution is -0.0760. The average Bonchev–Trinajstić information content (AvgIpc) is 2.22. The van der Waals surface area contributed by atoms with Crippen molar-refractivity contribution in [3.63, 3.8) is 0 Å². The molecule has 1 aliphatic rings. The van der Waals surface area contributed by atoms with E-state index >= 15 is 0 Å². The SMILES string of the molecule is C=CC(NN)C1(OC)CCC(C)(C)CC1. The number of rotatable bonds is 4. The Morgan fingerprint density at radius 2 is 1.87 bits per heavy atom. The van der Waals surface area contributed by atoms with Crippen molar-refractivity contribution in [3.8, 4) is 0 Å². The molecule has 1 aliphatic carbocycles. The number of hydrogen-bond acceptors (Lipinski definition) is 3. The van der Waals surface area contributed by atoms with Gasteiger partial charge < -0.3 is 4.74 Å². The molecule has 1 atom stereocenters. The van der Waals surface area contributed by atoms with Crippen LogP contribution in [0.5, 0.6) is 0 Å². The van der Waals surface area contributed by atoms with E-state index in [1.807, 2.05) is 6.08 Å². The molecule has 0 aromatic rings. The number of methoxy groups -OCH3 is 1. The van der Waals surface area contributed by atoms with Crippen molar-refractivity contribution in [2.24, 2.45) is 11.3 Å². The molecule has 1 saturated carbocycles. The molecule has 0 spiro atoms. The zero-order valence-corrected chi connectivity index (χ0v) is 10.2. The largest absolute Gasteiger partial charge is 0.376 e. The minimum Gasteiger partial charge on any atom is -0.376 e. The summed E-state index contributed by atoms with van der Waals surface area (Å²) in [6, 6.07) is 0.0404. The van der Waals surface area contributed by atoms with Gasteiger partial charge in [-0.2, -0.15) is 0 Å². The van der Waals surface area contributed by atoms with Crippen molar-refractivity contribution in [2.45, 2.75) is 51.2 Å². The van der Waals surface area contributed by atoms with Crippen LogP contribution in [0.4, 0.5) is 0 Å². The van der Waals surface area contributed by atoms with Gasteiger partial charge in [0.05, 0.1) is 11.6 Å². The third-order valence-electron chi connectivity index (χ3n) is 3.84. The van der Waals surface area contributed by atoms with Gasteiger partial charge in [0.15, 0.2) is 0 Å². The number of hydrazine groups is 1. The molecule has 1 unspecified atom stereocenters. The van der Waals surface area contributed by atoms with E-state index in [1.54, 1.807) is 7.11 Å². The van der Waals surface area contributed by atoms with Crippen LogP contribution in [0.15, 0.2) is 12.7 Å². The van der Waals surface area contributed by atoms with Gasteiger partial charge in [0.25, 0.3) is 0 Å². The summed E-state index contributed by atoms with van der Waals surface area (Å²) in [4.78, 5) is 0. The van der Waals surface area contributed by atoms with Crippen LogP contribution in [0.3, 0.4) is 0 Å². The van der Waals surface area contributed by atoms with Crippen molar-refractivity contribution in [1.29, 1.82) is 0 Å². The lowest BCUT2D eigenvalue weighted by Crippen LogP contribution is -2.55. The summed E-state index contributed by atoms with van der Waals surface area (Å²) in [6.07, 6.45) is 6.27. The Morgan fingerprint density at radius 1 is 1.33 bits per heavy atom. The molecule has 0 saturated heterocycles. The molecule has 1 rings (SSSR count). The van der Waals surface area contributed by atoms with Crippen molar-refractivity contribution >= 4 is 0 Å². The van der Waals surface area contributed by atoms with Crippen LogP contribution in [-0.4, -0.2) is 18.8 Å². The van der Waals surface area contributed by atoms with Crippen molar-refractivity contribution < 1.29 is 4.74 Å². The molecular weight excluding hydrogens is 188 g/mol. The minimum atomic E-state index is -0.161. The van der Waals surface area contributed by atoms with Gasteiger partial charge in [-0.25, -0.2) is 0 Å². The molecule has 0 aliphatic heterocycles. The van der Waals surface area contributed by atoms with Crippen LogP contribution in [0.25, 0.3) is 0 Å². The van der Waals surface area contributed by atoms with Crippen LogP contribution in [0.1, 0.15) is 39.5 Å². The van der Waals surface area contributed by atoms with Gasteiger partial charge in [0.1, 0.15) is 0 Å². The second-order valence-electron chi connectivity index (χ2n) is 5.31. The normalized spacial score (nSPS) is 25.9. The Hall–Kier alpha value is -0.380. The van der Waals surface area contributed by atoms with Crippen molar-refractivity contribution in [1.82, 2.24) is 5.43 Å². The standard InChI is InChI=1S/C12H24N2O/c1-5-10(14-13)12(15-4)8-6-11(2,3)7-9-12/h5,10,14H,1,6-9,13H2,2-4H3. The van der Waals surface area contributed by atoms with E-state index in [-0.39, 0.29) is 11.6 Å². The second kappa shape index (κ2) is 4.64. The molecule has 0 radical (unpaired) electrons. The molecule has 15 heavy (non-hydrogen) atoms. The number of ether oxygens (including phenoxy) is 1. The quantitative estimate of drug-likeness (QED) is 0.425. The smallest absolute Gasteiger partial charge is 0.0879 e. The Morgan fingerprint density at radius 3 is 2.20 bits per heavy atom. The Bertz CT molecular complexity index is 216. The van der Waals surface area contributed by atoms with E-state index < -0.39 is 0 Å². The fraction of sp³-hybridized carbons (Fsp3) is 0.833. The van der Waals surface area contributed by atoms with Gasteiger partial charge in [0, 0.05) is 7.11 Å². The van der Waals surface area contributed by atoms with Crippen molar-refractivity contribution in [2.75, 3.05) is 7.11 Å². The van der Waals surface area contributed by atoms with Gasteiger partial charge >= 0.3 is 0 Å². The first-order valence-electron chi connectivity index (χ1n) is 5.63. The molecule has 0 aromatic carbocycles. The Labute approximate surface area is 93.0 Å². The summed E-state index contributed by atoms with van der Waals surface area (Å²) in [5, 5.41) is 0. The van der Waals surface area contributed by atoms with E-state index in [9.17, 15) is 0 Å². The highest BCUT2D eigenvalue weighted by molar-refractivity contribution is 5.05. The lowest BCUT2D eigenvalue weighted by atomic mass is 9.68. The van der Waals surface area contributed by atoms with Crippen LogP contribution >= 0.6 is 0 Å². The minimum absolute atomic E-state index is 0.0404. The maximum absolute atomic E-state index is 5.70. The Kier molecular flexibility index (Phi) is 3.93. The fourth-order valence-electron chi connectivity index (χ4n) is 2.43. The average molecular weight is 212 g/mol. The van der Waals surface area contributed by atoms with E-state index in [1.165, 1.54) is 12.8 Å². The first-order chi connectivity index (χ1) is 6.99. The fourth-order valence-corrected chi connectivity index (χ4v) is 2.43. The molecule has 3 nitrogen and oxygen atoms in total. The molecule has 88 valence electrons. The zero-order valence-electron chi connectivity index (χ0n) is 10.2. The highest BCUT2D eigenvalue weighted by atomic mass is 16.5. The number of nitrogens with one attached hydrogen (secondary N) is 1. The number of nitrogens with two attached hydrogens (primary N) is 1. The molecule has 1 fully saturated rings. The molecule has 0 amide bonds. The molecule has 3 heteroatoms. The molecule has 3 N–H and O–H groups in total. The first-order valence-corrected chi connectivity index (χ1v) is 5.63. The topological polar surface area (TPSA) is 47.3 Å². The summed E-state index contributed by atoms with van der Waals surface area (Å²) in [6.45, 7) is 8.44. The van der Waals surface area contributed by atoms with E-state index in [2.05, 4.69) is 25.9 Å². The first kappa shape index (κ1) is 12.7.